The predicted molar refractivity (Wildman–Crippen MR) is 119 cm³/mol. The largest absolute Gasteiger partial charge is 0.355 e. The van der Waals surface area contributed by atoms with Crippen LogP contribution in [0.15, 0.2) is 29.2 Å². The van der Waals surface area contributed by atoms with Crippen LogP contribution in [0.25, 0.3) is 0 Å². The second kappa shape index (κ2) is 6.94. The molecular weight excluding hydrogens is 432 g/mol. The zero-order valence-corrected chi connectivity index (χ0v) is 19.4. The number of rotatable bonds is 5. The molecule has 7 heteroatoms. The van der Waals surface area contributed by atoms with Gasteiger partial charge in [-0.15, -0.1) is 0 Å². The molecule has 0 radical (unpaired) electrons. The summed E-state index contributed by atoms with van der Waals surface area (Å²) in [6, 6.07) is 6.47. The summed E-state index contributed by atoms with van der Waals surface area (Å²) in [4.78, 5) is 13.7. The van der Waals surface area contributed by atoms with E-state index in [4.69, 9.17) is 11.6 Å². The van der Waals surface area contributed by atoms with E-state index in [0.717, 1.165) is 43.4 Å². The van der Waals surface area contributed by atoms with Crippen LogP contribution in [0.4, 0.5) is 0 Å². The number of hydrogen-bond donors (Lipinski definition) is 1. The van der Waals surface area contributed by atoms with E-state index < -0.39 is 10.0 Å². The maximum Gasteiger partial charge on any atom is 0.243 e. The summed E-state index contributed by atoms with van der Waals surface area (Å²) in [6.07, 6.45) is 9.19. The Hall–Kier alpha value is -1.11. The highest BCUT2D eigenvalue weighted by atomic mass is 35.5. The van der Waals surface area contributed by atoms with Gasteiger partial charge in [-0.25, -0.2) is 8.42 Å². The number of hydrogen-bond acceptors (Lipinski definition) is 3. The molecule has 1 spiro atoms. The van der Waals surface area contributed by atoms with Crippen molar-refractivity contribution in [1.82, 2.24) is 9.62 Å². The molecule has 1 heterocycles. The Morgan fingerprint density at radius 2 is 2.00 bits per heavy atom. The van der Waals surface area contributed by atoms with Gasteiger partial charge in [0.25, 0.3) is 0 Å². The summed E-state index contributed by atoms with van der Waals surface area (Å²) >= 11 is 6.02. The van der Waals surface area contributed by atoms with E-state index in [1.54, 1.807) is 22.5 Å². The number of nitrogens with zero attached hydrogens (tertiary/aromatic N) is 1. The molecule has 1 aliphatic heterocycles. The highest BCUT2D eigenvalue weighted by molar-refractivity contribution is 7.89. The van der Waals surface area contributed by atoms with Crippen LogP contribution in [-0.4, -0.2) is 38.3 Å². The maximum absolute atomic E-state index is 13.5. The second-order valence-electron chi connectivity index (χ2n) is 11.0. The van der Waals surface area contributed by atoms with Crippen LogP contribution in [-0.2, 0) is 14.8 Å². The normalized spacial score (nSPS) is 41.1. The molecule has 1 saturated heterocycles. The molecular formula is C24H31ClN2O3S. The minimum absolute atomic E-state index is 0.116. The first-order valence-electron chi connectivity index (χ1n) is 11.9. The van der Waals surface area contributed by atoms with Crippen LogP contribution in [0, 0.1) is 34.5 Å². The van der Waals surface area contributed by atoms with E-state index in [1.807, 2.05) is 0 Å². The molecule has 4 aliphatic carbocycles. The molecule has 168 valence electrons. The third-order valence-electron chi connectivity index (χ3n) is 9.46. The molecule has 4 saturated carbocycles. The third kappa shape index (κ3) is 2.90. The van der Waals surface area contributed by atoms with E-state index in [0.29, 0.717) is 30.1 Å². The fraction of sp³-hybridized carbons (Fsp3) is 0.708. The lowest BCUT2D eigenvalue weighted by atomic mass is 9.46. The van der Waals surface area contributed by atoms with Gasteiger partial charge in [-0.2, -0.15) is 4.31 Å². The Kier molecular flexibility index (Phi) is 4.59. The zero-order valence-electron chi connectivity index (χ0n) is 17.9. The number of piperidine rings is 1. The summed E-state index contributed by atoms with van der Waals surface area (Å²) in [6.45, 7) is 1.56. The Morgan fingerprint density at radius 3 is 2.84 bits per heavy atom. The van der Waals surface area contributed by atoms with Crippen molar-refractivity contribution in [2.45, 2.75) is 56.3 Å². The molecule has 0 aromatic heterocycles. The smallest absolute Gasteiger partial charge is 0.243 e. The van der Waals surface area contributed by atoms with Crippen LogP contribution in [0.2, 0.25) is 5.02 Å². The van der Waals surface area contributed by atoms with Gasteiger partial charge in [0.05, 0.1) is 10.3 Å². The van der Waals surface area contributed by atoms with Crippen LogP contribution >= 0.6 is 11.6 Å². The Labute approximate surface area is 190 Å². The van der Waals surface area contributed by atoms with Gasteiger partial charge in [0.15, 0.2) is 0 Å². The molecule has 1 N–H and O–H groups in total. The first-order valence-corrected chi connectivity index (χ1v) is 13.7. The Balaban J connectivity index is 1.12. The van der Waals surface area contributed by atoms with Gasteiger partial charge in [0.2, 0.25) is 15.9 Å². The minimum atomic E-state index is -3.56. The Bertz CT molecular complexity index is 1020. The van der Waals surface area contributed by atoms with E-state index >= 15 is 0 Å². The topological polar surface area (TPSA) is 66.5 Å². The highest BCUT2D eigenvalue weighted by Crippen LogP contribution is 2.81. The molecule has 5 nitrogen and oxygen atoms in total. The quantitative estimate of drug-likeness (QED) is 0.717. The van der Waals surface area contributed by atoms with Crippen molar-refractivity contribution in [1.29, 1.82) is 0 Å². The van der Waals surface area contributed by atoms with Crippen LogP contribution in [0.3, 0.4) is 0 Å². The third-order valence-corrected chi connectivity index (χ3v) is 11.6. The average Bonchev–Trinajstić information content (AvgIpc) is 3.07. The van der Waals surface area contributed by atoms with Crippen LogP contribution in [0.1, 0.15) is 51.4 Å². The maximum atomic E-state index is 13.5. The number of carbonyl (C=O) groups is 1. The van der Waals surface area contributed by atoms with E-state index in [2.05, 4.69) is 5.32 Å². The monoisotopic (exact) mass is 462 g/mol. The molecule has 1 aromatic carbocycles. The van der Waals surface area contributed by atoms with Gasteiger partial charge in [-0.1, -0.05) is 17.7 Å². The van der Waals surface area contributed by atoms with E-state index in [1.165, 1.54) is 31.7 Å². The predicted octanol–water partition coefficient (Wildman–Crippen LogP) is 4.07. The summed E-state index contributed by atoms with van der Waals surface area (Å²) < 4.78 is 27.7. The first kappa shape index (κ1) is 20.5. The summed E-state index contributed by atoms with van der Waals surface area (Å²) in [5.41, 5.74) is 0.188. The number of sulfonamides is 1. The molecule has 1 aromatic rings. The van der Waals surface area contributed by atoms with Gasteiger partial charge in [-0.05, 0) is 98.7 Å². The summed E-state index contributed by atoms with van der Waals surface area (Å²) in [7, 11) is -3.56. The molecule has 31 heavy (non-hydrogen) atoms. The van der Waals surface area contributed by atoms with Gasteiger partial charge < -0.3 is 5.32 Å². The number of fused-ring (bicyclic) bond motifs is 2. The summed E-state index contributed by atoms with van der Waals surface area (Å²) in [5.74, 6) is 2.83. The highest BCUT2D eigenvalue weighted by Gasteiger charge is 2.76. The lowest BCUT2D eigenvalue weighted by Gasteiger charge is -2.57. The number of carbonyl (C=O) groups excluding carboxylic acids is 1. The van der Waals surface area contributed by atoms with E-state index in [-0.39, 0.29) is 22.1 Å². The number of nitrogens with one attached hydrogen (secondary N) is 1. The second-order valence-corrected chi connectivity index (χ2v) is 13.4. The molecule has 1 amide bonds. The lowest BCUT2D eigenvalue weighted by molar-refractivity contribution is -0.161. The molecule has 3 bridgehead atoms. The van der Waals surface area contributed by atoms with Gasteiger partial charge in [0, 0.05) is 24.7 Å². The standard InChI is InChI=1S/C24H31ClN2O3S/c25-20-4-1-5-21(9-20)31(29,30)27-6-2-3-16(15-27)14-26-22(28)24-12-18-7-17-8-19(13-24)23(24,10-17)11-18/h1,4-5,9,16-19H,2-3,6-8,10-15H2,(H,26,28)/t16?,17?,18?,19-,23?,24+/m1/s1. The van der Waals surface area contributed by atoms with Crippen LogP contribution < -0.4 is 5.32 Å². The number of halogens is 1. The number of amides is 1. The van der Waals surface area contributed by atoms with Gasteiger partial charge >= 0.3 is 0 Å². The molecule has 5 aliphatic rings. The van der Waals surface area contributed by atoms with Crippen molar-refractivity contribution in [2.24, 2.45) is 34.5 Å². The Morgan fingerprint density at radius 1 is 1.16 bits per heavy atom. The first-order chi connectivity index (χ1) is 14.8. The minimum Gasteiger partial charge on any atom is -0.355 e. The summed E-state index contributed by atoms with van der Waals surface area (Å²) in [5, 5.41) is 3.73. The average molecular weight is 463 g/mol. The van der Waals surface area contributed by atoms with Gasteiger partial charge in [-0.3, -0.25) is 4.79 Å². The van der Waals surface area contributed by atoms with Crippen LogP contribution in [0.5, 0.6) is 0 Å². The molecule has 6 rings (SSSR count). The van der Waals surface area contributed by atoms with Crippen molar-refractivity contribution in [2.75, 3.05) is 19.6 Å². The SMILES string of the molecule is O=C(NCC1CCCN(S(=O)(=O)c2cccc(Cl)c2)C1)[C@]12CC3CC4C[C@H](C1)C2(C4)C3. The molecule has 5 fully saturated rings. The van der Waals surface area contributed by atoms with Crippen molar-refractivity contribution < 1.29 is 13.2 Å². The van der Waals surface area contributed by atoms with Crippen molar-refractivity contribution in [3.8, 4) is 0 Å². The number of benzene rings is 1. The molecule has 4 unspecified atom stereocenters. The van der Waals surface area contributed by atoms with Gasteiger partial charge in [0.1, 0.15) is 0 Å². The molecule has 6 atom stereocenters. The fourth-order valence-electron chi connectivity index (χ4n) is 8.39. The van der Waals surface area contributed by atoms with Crippen molar-refractivity contribution in [3.63, 3.8) is 0 Å². The fourth-order valence-corrected chi connectivity index (χ4v) is 10.2. The zero-order chi connectivity index (χ0) is 21.4. The lowest BCUT2D eigenvalue weighted by Crippen LogP contribution is -2.60. The van der Waals surface area contributed by atoms with Crippen molar-refractivity contribution in [3.05, 3.63) is 29.3 Å². The van der Waals surface area contributed by atoms with E-state index in [9.17, 15) is 13.2 Å². The van der Waals surface area contributed by atoms with Crippen molar-refractivity contribution >= 4 is 27.5 Å².